The fourth-order valence-electron chi connectivity index (χ4n) is 2.41. The van der Waals surface area contributed by atoms with Gasteiger partial charge in [-0.25, -0.2) is 9.07 Å². The second-order valence-corrected chi connectivity index (χ2v) is 5.99. The van der Waals surface area contributed by atoms with Crippen LogP contribution in [0, 0.1) is 5.82 Å². The normalized spacial score (nSPS) is 11.6. The molecule has 0 spiro atoms. The molecule has 0 saturated heterocycles. The van der Waals surface area contributed by atoms with E-state index < -0.39 is 17.7 Å². The summed E-state index contributed by atoms with van der Waals surface area (Å²) in [5.74, 6) is -0.679. The van der Waals surface area contributed by atoms with Crippen LogP contribution in [0.2, 0.25) is 0 Å². The Balaban J connectivity index is 2.16. The zero-order valence-corrected chi connectivity index (χ0v) is 14.2. The highest BCUT2D eigenvalue weighted by atomic mass is 32.2. The number of methoxy groups -OCH3 is 1. The van der Waals surface area contributed by atoms with E-state index in [1.165, 1.54) is 19.2 Å². The number of halogens is 4. The number of benzene rings is 2. The largest absolute Gasteiger partial charge is 0.494 e. The highest BCUT2D eigenvalue weighted by Crippen LogP contribution is 2.34. The number of hydrogen-bond acceptors (Lipinski definition) is 4. The summed E-state index contributed by atoms with van der Waals surface area (Å²) in [4.78, 5) is 0.744. The molecule has 9 heteroatoms. The molecule has 0 aliphatic heterocycles. The molecule has 2 N–H and O–H groups in total. The van der Waals surface area contributed by atoms with Crippen LogP contribution in [0.15, 0.2) is 53.4 Å². The molecule has 0 amide bonds. The van der Waals surface area contributed by atoms with Crippen LogP contribution in [-0.4, -0.2) is 16.9 Å². The molecule has 2 aromatic carbocycles. The van der Waals surface area contributed by atoms with E-state index in [1.807, 2.05) is 0 Å². The minimum Gasteiger partial charge on any atom is -0.494 e. The van der Waals surface area contributed by atoms with Crippen molar-refractivity contribution >= 4 is 11.9 Å². The van der Waals surface area contributed by atoms with Gasteiger partial charge in [-0.15, -0.1) is 0 Å². The number of rotatable bonds is 4. The summed E-state index contributed by atoms with van der Waals surface area (Å²) < 4.78 is 59.4. The molecular weight excluding hydrogens is 370 g/mol. The predicted molar refractivity (Wildman–Crippen MR) is 90.6 cm³/mol. The van der Waals surface area contributed by atoms with Crippen LogP contribution in [0.5, 0.6) is 5.75 Å². The van der Waals surface area contributed by atoms with Crippen molar-refractivity contribution in [1.82, 2.24) is 9.78 Å². The van der Waals surface area contributed by atoms with Crippen molar-refractivity contribution in [3.8, 4) is 22.7 Å². The molecule has 1 heterocycles. The van der Waals surface area contributed by atoms with Gasteiger partial charge in [-0.2, -0.15) is 18.3 Å². The van der Waals surface area contributed by atoms with Gasteiger partial charge in [-0.1, -0.05) is 0 Å². The summed E-state index contributed by atoms with van der Waals surface area (Å²) in [5, 5.41) is 9.11. The number of aromatic nitrogens is 2. The van der Waals surface area contributed by atoms with Gasteiger partial charge in [-0.05, 0) is 60.5 Å². The molecule has 0 bridgehead atoms. The number of hydrogen-bond donors (Lipinski definition) is 1. The van der Waals surface area contributed by atoms with Crippen LogP contribution < -0.4 is 9.88 Å². The van der Waals surface area contributed by atoms with E-state index in [1.54, 1.807) is 24.3 Å². The van der Waals surface area contributed by atoms with Crippen LogP contribution >= 0.6 is 11.9 Å². The molecule has 26 heavy (non-hydrogen) atoms. The van der Waals surface area contributed by atoms with Gasteiger partial charge in [0.2, 0.25) is 0 Å². The first-order valence-electron chi connectivity index (χ1n) is 7.32. The molecule has 136 valence electrons. The third-order valence-electron chi connectivity index (χ3n) is 3.66. The van der Waals surface area contributed by atoms with E-state index in [0.717, 1.165) is 33.7 Å². The standard InChI is InChI=1S/C17H13F4N3OS/c1-25-15-7-2-10(8-13(15)18)14-9-16(17(19,20)21)23-24(14)11-3-5-12(26-22)6-4-11/h2-9H,22H2,1H3. The average Bonchev–Trinajstić information content (AvgIpc) is 3.07. The molecule has 0 radical (unpaired) electrons. The van der Waals surface area contributed by atoms with Gasteiger partial charge in [-0.3, -0.25) is 5.14 Å². The number of alkyl halides is 3. The van der Waals surface area contributed by atoms with Crippen LogP contribution in [-0.2, 0) is 6.18 Å². The van der Waals surface area contributed by atoms with Crippen molar-refractivity contribution in [2.45, 2.75) is 11.1 Å². The lowest BCUT2D eigenvalue weighted by atomic mass is 10.1. The fraction of sp³-hybridized carbons (Fsp3) is 0.118. The number of ether oxygens (including phenoxy) is 1. The average molecular weight is 383 g/mol. The second-order valence-electron chi connectivity index (χ2n) is 5.29. The van der Waals surface area contributed by atoms with Crippen LogP contribution in [0.1, 0.15) is 5.69 Å². The quantitative estimate of drug-likeness (QED) is 0.525. The van der Waals surface area contributed by atoms with E-state index in [4.69, 9.17) is 9.88 Å². The fourth-order valence-corrected chi connectivity index (χ4v) is 2.71. The molecule has 0 saturated carbocycles. The zero-order valence-electron chi connectivity index (χ0n) is 13.4. The van der Waals surface area contributed by atoms with Gasteiger partial charge >= 0.3 is 6.18 Å². The first-order chi connectivity index (χ1) is 12.3. The summed E-state index contributed by atoms with van der Waals surface area (Å²) in [6.45, 7) is 0. The van der Waals surface area contributed by atoms with E-state index in [-0.39, 0.29) is 17.0 Å². The van der Waals surface area contributed by atoms with Gasteiger partial charge in [0.05, 0.1) is 18.5 Å². The van der Waals surface area contributed by atoms with E-state index >= 15 is 0 Å². The maximum absolute atomic E-state index is 14.0. The monoisotopic (exact) mass is 383 g/mol. The highest BCUT2D eigenvalue weighted by molar-refractivity contribution is 7.97. The maximum atomic E-state index is 14.0. The lowest BCUT2D eigenvalue weighted by Gasteiger charge is -2.09. The summed E-state index contributed by atoms with van der Waals surface area (Å²) in [5.41, 5.74) is -0.332. The first-order valence-corrected chi connectivity index (χ1v) is 8.20. The summed E-state index contributed by atoms with van der Waals surface area (Å²) >= 11 is 1.02. The van der Waals surface area contributed by atoms with Gasteiger partial charge in [0.15, 0.2) is 17.3 Å². The third-order valence-corrected chi connectivity index (χ3v) is 4.21. The highest BCUT2D eigenvalue weighted by Gasteiger charge is 2.35. The maximum Gasteiger partial charge on any atom is 0.435 e. The summed E-state index contributed by atoms with van der Waals surface area (Å²) in [6.07, 6.45) is -4.63. The van der Waals surface area contributed by atoms with Crippen molar-refractivity contribution in [3.63, 3.8) is 0 Å². The van der Waals surface area contributed by atoms with E-state index in [0.29, 0.717) is 5.69 Å². The third kappa shape index (κ3) is 3.54. The zero-order chi connectivity index (χ0) is 18.9. The van der Waals surface area contributed by atoms with E-state index in [9.17, 15) is 17.6 Å². The SMILES string of the molecule is COc1ccc(-c2cc(C(F)(F)F)nn2-c2ccc(SN)cc2)cc1F. The summed E-state index contributed by atoms with van der Waals surface area (Å²) in [6, 6.07) is 11.3. The smallest absolute Gasteiger partial charge is 0.435 e. The molecule has 0 aliphatic carbocycles. The second kappa shape index (κ2) is 7.00. The molecular formula is C17H13F4N3OS. The van der Waals surface area contributed by atoms with Gasteiger partial charge in [0.1, 0.15) is 0 Å². The summed E-state index contributed by atoms with van der Waals surface area (Å²) in [7, 11) is 1.31. The van der Waals surface area contributed by atoms with Crippen LogP contribution in [0.4, 0.5) is 17.6 Å². The molecule has 3 aromatic rings. The number of nitrogens with zero attached hydrogens (tertiary/aromatic N) is 2. The van der Waals surface area contributed by atoms with Crippen molar-refractivity contribution in [2.24, 2.45) is 5.14 Å². The first kappa shape index (κ1) is 18.3. The van der Waals surface area contributed by atoms with Crippen LogP contribution in [0.3, 0.4) is 0 Å². The van der Waals surface area contributed by atoms with Crippen LogP contribution in [0.25, 0.3) is 16.9 Å². The molecule has 3 rings (SSSR count). The molecule has 4 nitrogen and oxygen atoms in total. The molecule has 1 aromatic heterocycles. The van der Waals surface area contributed by atoms with Gasteiger partial charge in [0.25, 0.3) is 0 Å². The number of nitrogens with two attached hydrogens (primary N) is 1. The Bertz CT molecular complexity index is 923. The minimum absolute atomic E-state index is 0.000170. The van der Waals surface area contributed by atoms with E-state index in [2.05, 4.69) is 5.10 Å². The van der Waals surface area contributed by atoms with Gasteiger partial charge in [0, 0.05) is 10.5 Å². The predicted octanol–water partition coefficient (Wildman–Crippen LogP) is 4.67. The topological polar surface area (TPSA) is 53.1 Å². The Kier molecular flexibility index (Phi) is 4.92. The Morgan fingerprint density at radius 1 is 1.08 bits per heavy atom. The van der Waals surface area contributed by atoms with Crippen molar-refractivity contribution in [3.05, 3.63) is 60.0 Å². The van der Waals surface area contributed by atoms with Crippen molar-refractivity contribution in [1.29, 1.82) is 0 Å². The Morgan fingerprint density at radius 2 is 1.77 bits per heavy atom. The van der Waals surface area contributed by atoms with Crippen molar-refractivity contribution < 1.29 is 22.3 Å². The van der Waals surface area contributed by atoms with Gasteiger partial charge < -0.3 is 4.74 Å². The Labute approximate surface area is 150 Å². The Hall–Kier alpha value is -2.52. The van der Waals surface area contributed by atoms with Crippen molar-refractivity contribution in [2.75, 3.05) is 7.11 Å². The minimum atomic E-state index is -4.63. The molecule has 0 unspecified atom stereocenters. The molecule has 0 atom stereocenters. The lowest BCUT2D eigenvalue weighted by molar-refractivity contribution is -0.141. The lowest BCUT2D eigenvalue weighted by Crippen LogP contribution is -2.07. The Morgan fingerprint density at radius 3 is 2.31 bits per heavy atom. The molecule has 0 fully saturated rings. The molecule has 0 aliphatic rings.